The number of rotatable bonds is 8. The molecule has 0 atom stereocenters. The lowest BCUT2D eigenvalue weighted by atomic mass is 10.0. The van der Waals surface area contributed by atoms with Crippen molar-refractivity contribution >= 4 is 35.0 Å². The van der Waals surface area contributed by atoms with Gasteiger partial charge in [-0.05, 0) is 60.7 Å². The lowest BCUT2D eigenvalue weighted by Gasteiger charge is -2.27. The predicted octanol–water partition coefficient (Wildman–Crippen LogP) is 4.23. The Morgan fingerprint density at radius 1 is 1.19 bits per heavy atom. The van der Waals surface area contributed by atoms with Gasteiger partial charge in [0.2, 0.25) is 11.8 Å². The zero-order valence-electron chi connectivity index (χ0n) is 18.6. The molecule has 2 heterocycles. The summed E-state index contributed by atoms with van der Waals surface area (Å²) in [5.74, 6) is 3.24. The first-order chi connectivity index (χ1) is 15.6. The van der Waals surface area contributed by atoms with Crippen LogP contribution in [0.3, 0.4) is 0 Å². The number of carbonyl (C=O) groups is 2. The molecular weight excluding hydrogens is 422 g/mol. The maximum absolute atomic E-state index is 12.5. The van der Waals surface area contributed by atoms with E-state index in [1.54, 1.807) is 0 Å². The molecular formula is C25H31N3O3S. The van der Waals surface area contributed by atoms with Crippen LogP contribution in [0.4, 0.5) is 11.4 Å². The number of amides is 2. The molecule has 7 heteroatoms. The molecule has 0 aromatic heterocycles. The quantitative estimate of drug-likeness (QED) is 0.586. The highest BCUT2D eigenvalue weighted by molar-refractivity contribution is 7.99. The summed E-state index contributed by atoms with van der Waals surface area (Å²) in [4.78, 5) is 26.4. The molecule has 1 fully saturated rings. The molecule has 6 nitrogen and oxygen atoms in total. The van der Waals surface area contributed by atoms with Crippen molar-refractivity contribution in [2.45, 2.75) is 39.2 Å². The largest absolute Gasteiger partial charge is 0.494 e. The number of nitrogens with one attached hydrogen (secondary N) is 2. The molecule has 4 rings (SSSR count). The van der Waals surface area contributed by atoms with Gasteiger partial charge in [0.15, 0.2) is 0 Å². The van der Waals surface area contributed by atoms with Gasteiger partial charge in [0.05, 0.1) is 6.61 Å². The molecule has 170 valence electrons. The Morgan fingerprint density at radius 3 is 2.88 bits per heavy atom. The van der Waals surface area contributed by atoms with Crippen molar-refractivity contribution in [3.05, 3.63) is 53.1 Å². The average Bonchev–Trinajstić information content (AvgIpc) is 2.80. The topological polar surface area (TPSA) is 70.7 Å². The van der Waals surface area contributed by atoms with Crippen LogP contribution >= 0.6 is 11.8 Å². The highest BCUT2D eigenvalue weighted by Gasteiger charge is 2.16. The van der Waals surface area contributed by atoms with E-state index in [4.69, 9.17) is 4.74 Å². The van der Waals surface area contributed by atoms with E-state index in [-0.39, 0.29) is 11.8 Å². The summed E-state index contributed by atoms with van der Waals surface area (Å²) < 4.78 is 5.83. The number of hydrogen-bond acceptors (Lipinski definition) is 5. The fraction of sp³-hybridized carbons (Fsp3) is 0.440. The van der Waals surface area contributed by atoms with Crippen LogP contribution in [0.5, 0.6) is 5.75 Å². The van der Waals surface area contributed by atoms with Crippen LogP contribution in [0, 0.1) is 6.92 Å². The third-order valence-corrected chi connectivity index (χ3v) is 6.95. The van der Waals surface area contributed by atoms with Crippen LogP contribution in [0.25, 0.3) is 0 Å². The summed E-state index contributed by atoms with van der Waals surface area (Å²) in [6.07, 6.45) is 2.29. The maximum Gasteiger partial charge on any atom is 0.224 e. The van der Waals surface area contributed by atoms with Crippen LogP contribution < -0.4 is 15.4 Å². The van der Waals surface area contributed by atoms with Crippen molar-refractivity contribution in [1.82, 2.24) is 4.90 Å². The monoisotopic (exact) mass is 453 g/mol. The number of ether oxygens (including phenoxy) is 1. The Bertz CT molecular complexity index is 973. The zero-order valence-corrected chi connectivity index (χ0v) is 19.4. The molecule has 0 spiro atoms. The summed E-state index contributed by atoms with van der Waals surface area (Å²) in [5, 5.41) is 5.95. The van der Waals surface area contributed by atoms with Gasteiger partial charge >= 0.3 is 0 Å². The normalized spacial score (nSPS) is 16.2. The minimum Gasteiger partial charge on any atom is -0.494 e. The van der Waals surface area contributed by atoms with E-state index in [0.717, 1.165) is 54.3 Å². The van der Waals surface area contributed by atoms with E-state index in [2.05, 4.69) is 28.5 Å². The van der Waals surface area contributed by atoms with E-state index in [1.807, 2.05) is 42.1 Å². The number of benzene rings is 2. The van der Waals surface area contributed by atoms with Crippen molar-refractivity contribution in [2.24, 2.45) is 0 Å². The molecule has 0 aliphatic carbocycles. The molecule has 0 unspecified atom stereocenters. The van der Waals surface area contributed by atoms with Gasteiger partial charge in [-0.15, -0.1) is 0 Å². The lowest BCUT2D eigenvalue weighted by Crippen LogP contribution is -2.32. The summed E-state index contributed by atoms with van der Waals surface area (Å²) in [5.41, 5.74) is 5.29. The van der Waals surface area contributed by atoms with E-state index < -0.39 is 0 Å². The van der Waals surface area contributed by atoms with Crippen LogP contribution in [0.2, 0.25) is 0 Å². The standard InChI is InChI=1S/C25H31N3O3S/c1-18-20(17-28-11-14-32-15-12-28)4-2-5-22(18)26-24(29)6-3-13-31-21-8-9-23-19(16-21)7-10-25(30)27-23/h2,4-5,8-9,16H,3,6-7,10-15,17H2,1H3,(H,26,29)(H,27,30). The van der Waals surface area contributed by atoms with E-state index in [9.17, 15) is 9.59 Å². The second kappa shape index (κ2) is 10.9. The van der Waals surface area contributed by atoms with Crippen molar-refractivity contribution < 1.29 is 14.3 Å². The SMILES string of the molecule is Cc1c(CN2CCSCC2)cccc1NC(=O)CCCOc1ccc2c(c1)CCC(=O)N2. The average molecular weight is 454 g/mol. The number of carbonyl (C=O) groups excluding carboxylic acids is 2. The number of aryl methyl sites for hydroxylation is 1. The molecule has 2 aromatic rings. The second-order valence-corrected chi connectivity index (χ2v) is 9.57. The molecule has 2 aromatic carbocycles. The number of nitrogens with zero attached hydrogens (tertiary/aromatic N) is 1. The van der Waals surface area contributed by atoms with Gasteiger partial charge in [0.25, 0.3) is 0 Å². The number of fused-ring (bicyclic) bond motifs is 1. The Hall–Kier alpha value is -2.51. The Morgan fingerprint density at radius 2 is 2.03 bits per heavy atom. The minimum absolute atomic E-state index is 0.0105. The number of thioether (sulfide) groups is 1. The number of hydrogen-bond donors (Lipinski definition) is 2. The molecule has 2 amide bonds. The maximum atomic E-state index is 12.5. The summed E-state index contributed by atoms with van der Waals surface area (Å²) in [6, 6.07) is 11.9. The molecule has 1 saturated heterocycles. The molecule has 2 aliphatic heterocycles. The molecule has 0 bridgehead atoms. The predicted molar refractivity (Wildman–Crippen MR) is 131 cm³/mol. The highest BCUT2D eigenvalue weighted by atomic mass is 32.2. The molecule has 0 saturated carbocycles. The van der Waals surface area contributed by atoms with Crippen molar-refractivity contribution in [3.63, 3.8) is 0 Å². The van der Waals surface area contributed by atoms with Gasteiger partial charge in [-0.1, -0.05) is 12.1 Å². The summed E-state index contributed by atoms with van der Waals surface area (Å²) in [7, 11) is 0. The summed E-state index contributed by atoms with van der Waals surface area (Å²) in [6.45, 7) is 5.75. The molecule has 2 N–H and O–H groups in total. The Balaban J connectivity index is 1.23. The number of anilines is 2. The van der Waals surface area contributed by atoms with Gasteiger partial charge in [0.1, 0.15) is 5.75 Å². The van der Waals surface area contributed by atoms with Gasteiger partial charge in [-0.3, -0.25) is 14.5 Å². The molecule has 0 radical (unpaired) electrons. The first-order valence-corrected chi connectivity index (χ1v) is 12.5. The van der Waals surface area contributed by atoms with Crippen LogP contribution in [-0.4, -0.2) is 47.9 Å². The van der Waals surface area contributed by atoms with Crippen molar-refractivity contribution in [2.75, 3.05) is 41.8 Å². The van der Waals surface area contributed by atoms with E-state index >= 15 is 0 Å². The third kappa shape index (κ3) is 6.04. The van der Waals surface area contributed by atoms with Crippen molar-refractivity contribution in [1.29, 1.82) is 0 Å². The van der Waals surface area contributed by atoms with Crippen LogP contribution in [0.15, 0.2) is 36.4 Å². The Kier molecular flexibility index (Phi) is 7.71. The Labute approximate surface area is 194 Å². The first-order valence-electron chi connectivity index (χ1n) is 11.3. The first kappa shape index (κ1) is 22.7. The fourth-order valence-corrected chi connectivity index (χ4v) is 5.05. The molecule has 2 aliphatic rings. The van der Waals surface area contributed by atoms with Gasteiger partial charge in [-0.2, -0.15) is 11.8 Å². The lowest BCUT2D eigenvalue weighted by molar-refractivity contribution is -0.117. The van der Waals surface area contributed by atoms with E-state index in [1.165, 1.54) is 17.1 Å². The summed E-state index contributed by atoms with van der Waals surface area (Å²) >= 11 is 2.01. The third-order valence-electron chi connectivity index (χ3n) is 6.01. The fourth-order valence-electron chi connectivity index (χ4n) is 4.08. The van der Waals surface area contributed by atoms with Crippen LogP contribution in [0.1, 0.15) is 36.0 Å². The zero-order chi connectivity index (χ0) is 22.3. The van der Waals surface area contributed by atoms with Gasteiger partial charge in [-0.25, -0.2) is 0 Å². The highest BCUT2D eigenvalue weighted by Crippen LogP contribution is 2.27. The second-order valence-electron chi connectivity index (χ2n) is 8.35. The minimum atomic E-state index is 0.0105. The van der Waals surface area contributed by atoms with E-state index in [0.29, 0.717) is 25.9 Å². The van der Waals surface area contributed by atoms with Crippen LogP contribution in [-0.2, 0) is 22.6 Å². The van der Waals surface area contributed by atoms with Gasteiger partial charge < -0.3 is 15.4 Å². The smallest absolute Gasteiger partial charge is 0.224 e. The van der Waals surface area contributed by atoms with Crippen molar-refractivity contribution in [3.8, 4) is 5.75 Å². The molecule has 32 heavy (non-hydrogen) atoms. The van der Waals surface area contributed by atoms with Gasteiger partial charge in [0, 0.05) is 55.4 Å².